The highest BCUT2D eigenvalue weighted by molar-refractivity contribution is 7.25. The third kappa shape index (κ3) is 6.27. The lowest BCUT2D eigenvalue weighted by atomic mass is 10.0. The van der Waals surface area contributed by atoms with Gasteiger partial charge in [0.15, 0.2) is 8.46 Å². The van der Waals surface area contributed by atoms with Crippen molar-refractivity contribution in [2.45, 2.75) is 65.1 Å². The summed E-state index contributed by atoms with van der Waals surface area (Å²) in [4.78, 5) is 0. The largest absolute Gasteiger partial charge is 0.363 e. The lowest BCUT2D eigenvalue weighted by Gasteiger charge is -2.24. The fourth-order valence-electron chi connectivity index (χ4n) is 1.39. The molecule has 2 nitrogen and oxygen atoms in total. The van der Waals surface area contributed by atoms with Crippen molar-refractivity contribution in [1.82, 2.24) is 0 Å². The fourth-order valence-corrected chi connectivity index (χ4v) is 1.64. The average Bonchev–Trinajstić information content (AvgIpc) is 2.29. The molecule has 0 aliphatic rings. The minimum absolute atomic E-state index is 0.105. The smallest absolute Gasteiger partial charge is 0.190 e. The highest BCUT2D eigenvalue weighted by Gasteiger charge is 2.24. The summed E-state index contributed by atoms with van der Waals surface area (Å²) < 4.78 is 16.7. The molecule has 0 fully saturated rings. The van der Waals surface area contributed by atoms with Crippen molar-refractivity contribution in [2.75, 3.05) is 6.61 Å². The summed E-state index contributed by atoms with van der Waals surface area (Å²) in [7, 11) is 0.105. The molecule has 2 atom stereocenters. The van der Waals surface area contributed by atoms with Crippen LogP contribution < -0.4 is 0 Å². The molecule has 15 heavy (non-hydrogen) atoms. The lowest BCUT2D eigenvalue weighted by Crippen LogP contribution is -2.24. The van der Waals surface area contributed by atoms with Crippen LogP contribution >= 0.6 is 8.46 Å². The highest BCUT2D eigenvalue weighted by Crippen LogP contribution is 2.29. The monoisotopic (exact) mass is 232 g/mol. The molecule has 2 unspecified atom stereocenters. The molecular weight excluding hydrogens is 207 g/mol. The first kappa shape index (κ1) is 15.1. The van der Waals surface area contributed by atoms with E-state index in [-0.39, 0.29) is 8.46 Å². The zero-order valence-electron chi connectivity index (χ0n) is 10.6. The number of rotatable bonds is 9. The minimum Gasteiger partial charge on any atom is -0.363 e. The normalized spacial score (nSPS) is 17.6. The molecule has 0 aromatic heterocycles. The molecule has 0 aromatic carbocycles. The van der Waals surface area contributed by atoms with Crippen molar-refractivity contribution in [3.8, 4) is 0 Å². The molecule has 0 radical (unpaired) electrons. The van der Waals surface area contributed by atoms with E-state index in [0.717, 1.165) is 19.4 Å². The summed E-state index contributed by atoms with van der Waals surface area (Å²) in [6.07, 6.45) is 5.67. The van der Waals surface area contributed by atoms with Gasteiger partial charge in [-0.15, -0.1) is 0 Å². The quantitative estimate of drug-likeness (QED) is 0.541. The highest BCUT2D eigenvalue weighted by atomic mass is 31.1. The van der Waals surface area contributed by atoms with E-state index in [1.54, 1.807) is 0 Å². The van der Waals surface area contributed by atoms with Crippen molar-refractivity contribution in [3.63, 3.8) is 0 Å². The molecule has 90 valence electrons. The van der Waals surface area contributed by atoms with E-state index < -0.39 is 5.34 Å². The van der Waals surface area contributed by atoms with Gasteiger partial charge in [0.2, 0.25) is 0 Å². The van der Waals surface area contributed by atoms with E-state index in [1.807, 2.05) is 13.8 Å². The number of ether oxygens (including phenoxy) is 1. The Kier molecular flexibility index (Phi) is 8.27. The molecule has 3 heteroatoms. The SMILES string of the molecule is CCCCC(CC)COC(C)(CC)P=O. The Morgan fingerprint density at radius 1 is 1.33 bits per heavy atom. The van der Waals surface area contributed by atoms with Crippen molar-refractivity contribution >= 4 is 8.46 Å². The molecule has 0 bridgehead atoms. The number of hydrogen-bond donors (Lipinski definition) is 0. The Labute approximate surface area is 96.0 Å². The van der Waals surface area contributed by atoms with Gasteiger partial charge in [-0.2, -0.15) is 0 Å². The van der Waals surface area contributed by atoms with Crippen molar-refractivity contribution in [3.05, 3.63) is 0 Å². The Hall–Kier alpha value is 0.0600. The second-order valence-electron chi connectivity index (χ2n) is 4.35. The molecule has 0 aliphatic heterocycles. The van der Waals surface area contributed by atoms with E-state index in [9.17, 15) is 4.57 Å². The second kappa shape index (κ2) is 8.24. The molecule has 0 aliphatic carbocycles. The first-order chi connectivity index (χ1) is 7.11. The van der Waals surface area contributed by atoms with Gasteiger partial charge >= 0.3 is 0 Å². The molecule has 0 saturated carbocycles. The van der Waals surface area contributed by atoms with Gasteiger partial charge in [0.1, 0.15) is 5.34 Å². The second-order valence-corrected chi connectivity index (χ2v) is 5.48. The van der Waals surface area contributed by atoms with Gasteiger partial charge in [-0.25, -0.2) is 0 Å². The van der Waals surface area contributed by atoms with Crippen LogP contribution in [-0.2, 0) is 9.30 Å². The topological polar surface area (TPSA) is 26.3 Å². The standard InChI is InChI=1S/C12H25O2P/c1-5-8-9-11(6-2)10-14-12(4,7-3)15-13/h11H,5-10H2,1-4H3. The van der Waals surface area contributed by atoms with Crippen LogP contribution in [0, 0.1) is 5.92 Å². The third-order valence-electron chi connectivity index (χ3n) is 3.02. The van der Waals surface area contributed by atoms with Crippen LogP contribution in [0.2, 0.25) is 0 Å². The van der Waals surface area contributed by atoms with Crippen LogP contribution in [0.25, 0.3) is 0 Å². The number of unbranched alkanes of at least 4 members (excludes halogenated alkanes) is 1. The van der Waals surface area contributed by atoms with E-state index in [1.165, 1.54) is 19.3 Å². The number of hydrogen-bond acceptors (Lipinski definition) is 2. The molecule has 0 spiro atoms. The summed E-state index contributed by atoms with van der Waals surface area (Å²) in [5, 5.41) is -0.473. The van der Waals surface area contributed by atoms with Crippen molar-refractivity contribution in [1.29, 1.82) is 0 Å². The van der Waals surface area contributed by atoms with Crippen LogP contribution in [0.3, 0.4) is 0 Å². The maximum Gasteiger partial charge on any atom is 0.190 e. The van der Waals surface area contributed by atoms with Crippen LogP contribution in [-0.4, -0.2) is 11.9 Å². The first-order valence-electron chi connectivity index (χ1n) is 6.10. The van der Waals surface area contributed by atoms with E-state index >= 15 is 0 Å². The molecule has 0 rings (SSSR count). The Balaban J connectivity index is 3.92. The predicted octanol–water partition coefficient (Wildman–Crippen LogP) is 4.64. The van der Waals surface area contributed by atoms with Gasteiger partial charge in [0.05, 0.1) is 6.61 Å². The Morgan fingerprint density at radius 3 is 2.40 bits per heavy atom. The fraction of sp³-hybridized carbons (Fsp3) is 1.00. The van der Waals surface area contributed by atoms with Gasteiger partial charge in [-0.1, -0.05) is 40.0 Å². The van der Waals surface area contributed by atoms with Crippen LogP contribution in [0.15, 0.2) is 0 Å². The molecule has 0 saturated heterocycles. The van der Waals surface area contributed by atoms with Gasteiger partial charge in [-0.3, -0.25) is 4.57 Å². The van der Waals surface area contributed by atoms with Gasteiger partial charge < -0.3 is 4.74 Å². The van der Waals surface area contributed by atoms with Gasteiger partial charge in [-0.05, 0) is 25.7 Å². The first-order valence-corrected chi connectivity index (χ1v) is 6.91. The molecule has 0 N–H and O–H groups in total. The Morgan fingerprint density at radius 2 is 2.00 bits per heavy atom. The summed E-state index contributed by atoms with van der Waals surface area (Å²) in [5.41, 5.74) is 0. The molecular formula is C12H25O2P. The maximum atomic E-state index is 10.9. The average molecular weight is 232 g/mol. The van der Waals surface area contributed by atoms with Crippen LogP contribution in [0.1, 0.15) is 59.8 Å². The lowest BCUT2D eigenvalue weighted by molar-refractivity contribution is 0.00683. The zero-order valence-corrected chi connectivity index (χ0v) is 11.5. The maximum absolute atomic E-state index is 10.9. The summed E-state index contributed by atoms with van der Waals surface area (Å²) in [6, 6.07) is 0. The predicted molar refractivity (Wildman–Crippen MR) is 65.6 cm³/mol. The van der Waals surface area contributed by atoms with Crippen LogP contribution in [0.5, 0.6) is 0 Å². The summed E-state index contributed by atoms with van der Waals surface area (Å²) in [6.45, 7) is 9.07. The Bertz CT molecular complexity index is 173. The van der Waals surface area contributed by atoms with Crippen molar-refractivity contribution in [2.24, 2.45) is 5.92 Å². The van der Waals surface area contributed by atoms with Crippen molar-refractivity contribution < 1.29 is 9.30 Å². The van der Waals surface area contributed by atoms with Gasteiger partial charge in [0, 0.05) is 0 Å². The summed E-state index contributed by atoms with van der Waals surface area (Å²) in [5.74, 6) is 0.623. The molecule has 0 aromatic rings. The van der Waals surface area contributed by atoms with E-state index in [0.29, 0.717) is 5.92 Å². The van der Waals surface area contributed by atoms with E-state index in [4.69, 9.17) is 4.74 Å². The minimum atomic E-state index is -0.473. The molecule has 0 amide bonds. The van der Waals surface area contributed by atoms with Gasteiger partial charge in [0.25, 0.3) is 0 Å². The third-order valence-corrected chi connectivity index (χ3v) is 3.85. The zero-order chi connectivity index (χ0) is 11.7. The summed E-state index contributed by atoms with van der Waals surface area (Å²) >= 11 is 0. The van der Waals surface area contributed by atoms with E-state index in [2.05, 4.69) is 13.8 Å². The van der Waals surface area contributed by atoms with Crippen LogP contribution in [0.4, 0.5) is 0 Å². The molecule has 0 heterocycles.